The lowest BCUT2D eigenvalue weighted by molar-refractivity contribution is -0.139. The smallest absolute Gasteiger partial charge is 0.264 e. The third-order valence-electron chi connectivity index (χ3n) is 10.3. The molecule has 0 saturated carbocycles. The number of amides is 3. The second kappa shape index (κ2) is 14.5. The minimum absolute atomic E-state index is 0.0563. The highest BCUT2D eigenvalue weighted by Gasteiger charge is 2.52. The molecule has 0 fully saturated rings. The molecule has 0 radical (unpaired) electrons. The van der Waals surface area contributed by atoms with Gasteiger partial charge in [0.15, 0.2) is 5.60 Å². The van der Waals surface area contributed by atoms with Crippen molar-refractivity contribution in [1.29, 1.82) is 0 Å². The van der Waals surface area contributed by atoms with E-state index in [0.717, 1.165) is 33.2 Å². The van der Waals surface area contributed by atoms with E-state index in [1.165, 1.54) is 7.11 Å². The first-order chi connectivity index (χ1) is 25.2. The van der Waals surface area contributed by atoms with E-state index in [4.69, 9.17) is 4.74 Å². The highest BCUT2D eigenvalue weighted by molar-refractivity contribution is 6.07. The van der Waals surface area contributed by atoms with Gasteiger partial charge in [-0.1, -0.05) is 73.7 Å². The second-order valence-corrected chi connectivity index (χ2v) is 13.6. The monoisotopic (exact) mass is 698 g/mol. The summed E-state index contributed by atoms with van der Waals surface area (Å²) in [6.07, 6.45) is 6.09. The van der Waals surface area contributed by atoms with Gasteiger partial charge in [-0.15, -0.1) is 0 Å². The van der Waals surface area contributed by atoms with Crippen LogP contribution in [0.15, 0.2) is 109 Å². The maximum atomic E-state index is 14.2. The number of nitrogens with one attached hydrogen (secondary N) is 2. The van der Waals surface area contributed by atoms with Crippen LogP contribution >= 0.6 is 0 Å². The minimum Gasteiger partial charge on any atom is -0.497 e. The van der Waals surface area contributed by atoms with Gasteiger partial charge in [-0.05, 0) is 65.1 Å². The van der Waals surface area contributed by atoms with Crippen molar-refractivity contribution in [3.8, 4) is 5.75 Å². The molecule has 1 aromatic heterocycles. The number of carbonyl (C=O) groups excluding carboxylic acids is 3. The van der Waals surface area contributed by atoms with E-state index in [9.17, 15) is 24.6 Å². The van der Waals surface area contributed by atoms with E-state index >= 15 is 0 Å². The number of hydrogen-bond donors (Lipinski definition) is 4. The fourth-order valence-corrected chi connectivity index (χ4v) is 7.47. The van der Waals surface area contributed by atoms with Gasteiger partial charge in [-0.3, -0.25) is 14.4 Å². The highest BCUT2D eigenvalue weighted by atomic mass is 16.5. The number of H-pyrrole nitrogens is 1. The molecule has 3 atom stereocenters. The van der Waals surface area contributed by atoms with Gasteiger partial charge in [0.2, 0.25) is 11.8 Å². The Hall–Kier alpha value is -5.71. The van der Waals surface area contributed by atoms with Gasteiger partial charge in [0.05, 0.1) is 38.4 Å². The van der Waals surface area contributed by atoms with Crippen LogP contribution in [0.3, 0.4) is 0 Å². The fraction of sp³-hybridized carbons (Fsp3) is 0.262. The van der Waals surface area contributed by atoms with Gasteiger partial charge >= 0.3 is 0 Å². The fourth-order valence-electron chi connectivity index (χ4n) is 7.47. The first-order valence-corrected chi connectivity index (χ1v) is 17.5. The summed E-state index contributed by atoms with van der Waals surface area (Å²) in [6, 6.07) is 28.0. The van der Waals surface area contributed by atoms with Crippen LogP contribution in [0.1, 0.15) is 41.2 Å². The summed E-state index contributed by atoms with van der Waals surface area (Å²) in [5.74, 6) is -1.00. The molecule has 2 aliphatic heterocycles. The Bertz CT molecular complexity index is 2170. The summed E-state index contributed by atoms with van der Waals surface area (Å²) in [6.45, 7) is 2.19. The molecule has 7 rings (SSSR count). The molecule has 52 heavy (non-hydrogen) atoms. The van der Waals surface area contributed by atoms with Crippen molar-refractivity contribution in [3.63, 3.8) is 0 Å². The molecule has 0 aliphatic carbocycles. The average Bonchev–Trinajstić information content (AvgIpc) is 3.66. The first kappa shape index (κ1) is 34.7. The number of aromatic amines is 1. The maximum Gasteiger partial charge on any atom is 0.264 e. The number of hydrogen-bond acceptors (Lipinski definition) is 6. The SMILES string of the molecule is COc1ccc2c(c1)[C@@](O)([C@H](C)/C=C/CC(=O)N1Cc3ccccc3C[C@H]1CO)C(=O)N2Cc1cccc(NC(=O)Cc2c[nH]c3ccccc23)c1. The van der Waals surface area contributed by atoms with Crippen LogP contribution in [-0.4, -0.2) is 57.6 Å². The predicted molar refractivity (Wildman–Crippen MR) is 200 cm³/mol. The lowest BCUT2D eigenvalue weighted by Gasteiger charge is -2.36. The number of nitrogens with zero attached hydrogens (tertiary/aromatic N) is 2. The van der Waals surface area contributed by atoms with Crippen LogP contribution in [0.2, 0.25) is 0 Å². The van der Waals surface area contributed by atoms with Crippen molar-refractivity contribution in [2.45, 2.75) is 50.9 Å². The molecule has 0 spiro atoms. The zero-order valence-electron chi connectivity index (χ0n) is 29.2. The van der Waals surface area contributed by atoms with Gasteiger partial charge < -0.3 is 35.1 Å². The summed E-state index contributed by atoms with van der Waals surface area (Å²) < 4.78 is 5.47. The molecular weight excluding hydrogens is 656 g/mol. The van der Waals surface area contributed by atoms with Gasteiger partial charge in [-0.2, -0.15) is 0 Å². The van der Waals surface area contributed by atoms with Crippen LogP contribution in [-0.2, 0) is 45.9 Å². The number of aliphatic hydroxyl groups excluding tert-OH is 1. The van der Waals surface area contributed by atoms with Crippen LogP contribution in [0.25, 0.3) is 10.9 Å². The molecule has 3 amide bonds. The molecule has 5 aromatic rings. The molecule has 10 nitrogen and oxygen atoms in total. The van der Waals surface area contributed by atoms with Crippen molar-refractivity contribution < 1.29 is 29.3 Å². The number of ether oxygens (including phenoxy) is 1. The predicted octanol–water partition coefficient (Wildman–Crippen LogP) is 5.62. The zero-order chi connectivity index (χ0) is 36.4. The number of fused-ring (bicyclic) bond motifs is 3. The van der Waals surface area contributed by atoms with Crippen molar-refractivity contribution in [2.75, 3.05) is 23.9 Å². The summed E-state index contributed by atoms with van der Waals surface area (Å²) in [5.41, 5.74) is 4.47. The van der Waals surface area contributed by atoms with E-state index in [0.29, 0.717) is 35.7 Å². The van der Waals surface area contributed by atoms with Gasteiger partial charge in [0.25, 0.3) is 5.91 Å². The number of benzene rings is 4. The molecular formula is C42H42N4O6. The lowest BCUT2D eigenvalue weighted by Crippen LogP contribution is -2.46. The highest BCUT2D eigenvalue weighted by Crippen LogP contribution is 2.47. The summed E-state index contributed by atoms with van der Waals surface area (Å²) in [4.78, 5) is 47.1. The van der Waals surface area contributed by atoms with E-state index in [1.54, 1.807) is 53.1 Å². The molecule has 0 saturated heterocycles. The third-order valence-corrected chi connectivity index (χ3v) is 10.3. The molecule has 4 aromatic carbocycles. The number of aliphatic hydroxyl groups is 2. The quantitative estimate of drug-likeness (QED) is 0.132. The molecule has 3 heterocycles. The number of rotatable bonds is 11. The van der Waals surface area contributed by atoms with Crippen molar-refractivity contribution >= 4 is 40.0 Å². The molecule has 0 unspecified atom stereocenters. The van der Waals surface area contributed by atoms with Crippen LogP contribution < -0.4 is 15.0 Å². The number of para-hydroxylation sites is 1. The standard InChI is InChI=1S/C42H42N4O6/c1-27(9-7-16-40(49)45-25-30-12-4-3-11-29(30)20-33(45)26-47)42(51)36-22-34(52-2)17-18-38(36)46(41(42)50)24-28-10-8-13-32(19-28)44-39(48)21-31-23-43-37-15-6-5-14-35(31)37/h3-15,17-19,22-23,27,33,43,47,51H,16,20-21,24-26H2,1-2H3,(H,44,48)/b9-7+/t27-,33+,42+/m1/s1. The lowest BCUT2D eigenvalue weighted by atomic mass is 9.82. The average molecular weight is 699 g/mol. The Kier molecular flexibility index (Phi) is 9.68. The first-order valence-electron chi connectivity index (χ1n) is 17.5. The Morgan fingerprint density at radius 3 is 2.63 bits per heavy atom. The van der Waals surface area contributed by atoms with E-state index < -0.39 is 17.4 Å². The number of anilines is 2. The molecule has 2 aliphatic rings. The molecule has 10 heteroatoms. The van der Waals surface area contributed by atoms with E-state index in [-0.39, 0.29) is 43.8 Å². The number of methoxy groups -OCH3 is 1. The Morgan fingerprint density at radius 2 is 1.83 bits per heavy atom. The topological polar surface area (TPSA) is 135 Å². The molecule has 266 valence electrons. The largest absolute Gasteiger partial charge is 0.497 e. The van der Waals surface area contributed by atoms with Gasteiger partial charge in [0.1, 0.15) is 5.75 Å². The van der Waals surface area contributed by atoms with Crippen molar-refractivity contribution in [2.24, 2.45) is 5.92 Å². The normalized spacial score (nSPS) is 18.8. The second-order valence-electron chi connectivity index (χ2n) is 13.6. The Balaban J connectivity index is 1.06. The van der Waals surface area contributed by atoms with Crippen molar-refractivity contribution in [1.82, 2.24) is 9.88 Å². The van der Waals surface area contributed by atoms with Gasteiger partial charge in [0, 0.05) is 47.2 Å². The van der Waals surface area contributed by atoms with Crippen LogP contribution in [0.5, 0.6) is 5.75 Å². The minimum atomic E-state index is -1.92. The molecule has 4 N–H and O–H groups in total. The summed E-state index contributed by atoms with van der Waals surface area (Å²) in [5, 5.41) is 26.3. The molecule has 0 bridgehead atoms. The van der Waals surface area contributed by atoms with Crippen LogP contribution in [0.4, 0.5) is 11.4 Å². The summed E-state index contributed by atoms with van der Waals surface area (Å²) in [7, 11) is 1.53. The number of aromatic nitrogens is 1. The van der Waals surface area contributed by atoms with Crippen molar-refractivity contribution in [3.05, 3.63) is 137 Å². The Labute approximate surface area is 302 Å². The van der Waals surface area contributed by atoms with E-state index in [2.05, 4.69) is 10.3 Å². The third kappa shape index (κ3) is 6.58. The van der Waals surface area contributed by atoms with E-state index in [1.807, 2.05) is 72.9 Å². The maximum absolute atomic E-state index is 14.2. The zero-order valence-corrected chi connectivity index (χ0v) is 29.2. The van der Waals surface area contributed by atoms with Crippen LogP contribution in [0, 0.1) is 5.92 Å². The van der Waals surface area contributed by atoms with Gasteiger partial charge in [-0.25, -0.2) is 0 Å². The number of carbonyl (C=O) groups is 3. The summed E-state index contributed by atoms with van der Waals surface area (Å²) >= 11 is 0. The Morgan fingerprint density at radius 1 is 1.04 bits per heavy atom.